The van der Waals surface area contributed by atoms with Crippen LogP contribution in [0, 0.1) is 10.5 Å². The molecule has 0 aliphatic rings. The molecular formula is C23H16INO3. The van der Waals surface area contributed by atoms with Crippen molar-refractivity contribution in [2.24, 2.45) is 0 Å². The van der Waals surface area contributed by atoms with Crippen molar-refractivity contribution in [2.45, 2.75) is 6.92 Å². The molecule has 0 aliphatic carbocycles. The highest BCUT2D eigenvalue weighted by Gasteiger charge is 2.13. The Labute approximate surface area is 175 Å². The van der Waals surface area contributed by atoms with Gasteiger partial charge in [0.25, 0.3) is 5.91 Å². The summed E-state index contributed by atoms with van der Waals surface area (Å²) < 4.78 is 6.33. The number of rotatable bonds is 3. The van der Waals surface area contributed by atoms with Crippen LogP contribution in [0.25, 0.3) is 22.1 Å². The molecule has 138 valence electrons. The highest BCUT2D eigenvalue weighted by atomic mass is 127. The molecule has 4 nitrogen and oxygen atoms in total. The van der Waals surface area contributed by atoms with Crippen molar-refractivity contribution >= 4 is 45.2 Å². The van der Waals surface area contributed by atoms with E-state index in [9.17, 15) is 9.59 Å². The highest BCUT2D eigenvalue weighted by Crippen LogP contribution is 2.26. The van der Waals surface area contributed by atoms with Crippen LogP contribution >= 0.6 is 22.6 Å². The smallest absolute Gasteiger partial charge is 0.344 e. The van der Waals surface area contributed by atoms with Gasteiger partial charge in [-0.3, -0.25) is 4.79 Å². The van der Waals surface area contributed by atoms with Crippen molar-refractivity contribution in [3.8, 4) is 11.1 Å². The predicted molar refractivity (Wildman–Crippen MR) is 120 cm³/mol. The first kappa shape index (κ1) is 18.4. The monoisotopic (exact) mass is 481 g/mol. The molecule has 28 heavy (non-hydrogen) atoms. The third kappa shape index (κ3) is 3.57. The van der Waals surface area contributed by atoms with Crippen LogP contribution in [0.1, 0.15) is 15.9 Å². The minimum absolute atomic E-state index is 0.164. The van der Waals surface area contributed by atoms with Gasteiger partial charge in [-0.05, 0) is 77.0 Å². The van der Waals surface area contributed by atoms with E-state index in [1.54, 1.807) is 18.2 Å². The SMILES string of the molecule is Cc1cc(NC(=O)c2ccccc2I)ccc1-c1cc2ccccc2oc1=O. The van der Waals surface area contributed by atoms with E-state index in [1.807, 2.05) is 61.5 Å². The summed E-state index contributed by atoms with van der Waals surface area (Å²) in [7, 11) is 0. The van der Waals surface area contributed by atoms with Crippen LogP contribution in [-0.4, -0.2) is 5.91 Å². The Kier molecular flexibility index (Phi) is 5.00. The number of aryl methyl sites for hydroxylation is 1. The Morgan fingerprint density at radius 1 is 0.929 bits per heavy atom. The summed E-state index contributed by atoms with van der Waals surface area (Å²) >= 11 is 2.14. The van der Waals surface area contributed by atoms with Gasteiger partial charge in [0.05, 0.1) is 11.1 Å². The largest absolute Gasteiger partial charge is 0.422 e. The third-order valence-electron chi connectivity index (χ3n) is 4.53. The Balaban J connectivity index is 1.67. The maximum atomic E-state index is 12.5. The second kappa shape index (κ2) is 7.59. The van der Waals surface area contributed by atoms with Crippen LogP contribution in [-0.2, 0) is 0 Å². The molecule has 4 aromatic rings. The van der Waals surface area contributed by atoms with Crippen LogP contribution in [0.15, 0.2) is 82.0 Å². The van der Waals surface area contributed by atoms with Gasteiger partial charge in [-0.25, -0.2) is 4.79 Å². The molecule has 0 radical (unpaired) electrons. The van der Waals surface area contributed by atoms with Crippen LogP contribution in [0.4, 0.5) is 5.69 Å². The Morgan fingerprint density at radius 2 is 1.68 bits per heavy atom. The number of benzene rings is 3. The lowest BCUT2D eigenvalue weighted by molar-refractivity contribution is 0.102. The predicted octanol–water partition coefficient (Wildman–Crippen LogP) is 5.63. The number of nitrogens with one attached hydrogen (secondary N) is 1. The molecule has 3 aromatic carbocycles. The fraction of sp³-hybridized carbons (Fsp3) is 0.0435. The van der Waals surface area contributed by atoms with Gasteiger partial charge >= 0.3 is 5.63 Å². The topological polar surface area (TPSA) is 59.3 Å². The van der Waals surface area contributed by atoms with Crippen LogP contribution < -0.4 is 10.9 Å². The third-order valence-corrected chi connectivity index (χ3v) is 5.48. The number of para-hydroxylation sites is 1. The van der Waals surface area contributed by atoms with E-state index < -0.39 is 0 Å². The number of amides is 1. The maximum absolute atomic E-state index is 12.5. The summed E-state index contributed by atoms with van der Waals surface area (Å²) in [6.45, 7) is 1.91. The summed E-state index contributed by atoms with van der Waals surface area (Å²) in [5, 5.41) is 3.79. The van der Waals surface area contributed by atoms with Crippen LogP contribution in [0.2, 0.25) is 0 Å². The quantitative estimate of drug-likeness (QED) is 0.305. The van der Waals surface area contributed by atoms with Crippen molar-refractivity contribution < 1.29 is 9.21 Å². The van der Waals surface area contributed by atoms with Crippen molar-refractivity contribution in [1.29, 1.82) is 0 Å². The molecule has 0 saturated carbocycles. The first-order chi connectivity index (χ1) is 13.5. The van der Waals surface area contributed by atoms with Crippen LogP contribution in [0.5, 0.6) is 0 Å². The molecular weight excluding hydrogens is 465 g/mol. The van der Waals surface area contributed by atoms with Crippen LogP contribution in [0.3, 0.4) is 0 Å². The summed E-state index contributed by atoms with van der Waals surface area (Å²) in [5.41, 5.74) is 3.66. The zero-order valence-electron chi connectivity index (χ0n) is 15.0. The van der Waals surface area contributed by atoms with Gasteiger partial charge in [0.2, 0.25) is 0 Å². The number of halogens is 1. The molecule has 0 atom stereocenters. The number of anilines is 1. The summed E-state index contributed by atoms with van der Waals surface area (Å²) in [6, 6.07) is 22.2. The standard InChI is InChI=1S/C23H16INO3/c1-14-12-16(25-22(26)18-7-3-4-8-20(18)24)10-11-17(14)19-13-15-6-2-5-9-21(15)28-23(19)27/h2-13H,1H3,(H,25,26). The van der Waals surface area contributed by atoms with E-state index in [0.717, 1.165) is 20.1 Å². The van der Waals surface area contributed by atoms with E-state index in [0.29, 0.717) is 22.4 Å². The lowest BCUT2D eigenvalue weighted by atomic mass is 10.0. The first-order valence-corrected chi connectivity index (χ1v) is 9.80. The number of fused-ring (bicyclic) bond motifs is 1. The van der Waals surface area contributed by atoms with Gasteiger partial charge in [0.15, 0.2) is 0 Å². The molecule has 1 heterocycles. The number of hydrogen-bond acceptors (Lipinski definition) is 3. The fourth-order valence-electron chi connectivity index (χ4n) is 3.14. The molecule has 1 aromatic heterocycles. The van der Waals surface area contributed by atoms with Gasteiger partial charge in [-0.2, -0.15) is 0 Å². The molecule has 5 heteroatoms. The Hall–Kier alpha value is -2.93. The Bertz CT molecular complexity index is 1260. The molecule has 0 aliphatic heterocycles. The lowest BCUT2D eigenvalue weighted by Gasteiger charge is -2.11. The molecule has 4 rings (SSSR count). The fourth-order valence-corrected chi connectivity index (χ4v) is 3.77. The molecule has 0 unspecified atom stereocenters. The second-order valence-corrected chi connectivity index (χ2v) is 7.61. The van der Waals surface area contributed by atoms with Crippen molar-refractivity contribution in [1.82, 2.24) is 0 Å². The van der Waals surface area contributed by atoms with Gasteiger partial charge < -0.3 is 9.73 Å². The zero-order chi connectivity index (χ0) is 19.7. The van der Waals surface area contributed by atoms with Crippen molar-refractivity contribution in [2.75, 3.05) is 5.32 Å². The van der Waals surface area contributed by atoms with E-state index in [4.69, 9.17) is 4.42 Å². The highest BCUT2D eigenvalue weighted by molar-refractivity contribution is 14.1. The summed E-state index contributed by atoms with van der Waals surface area (Å²) in [5.74, 6) is -0.164. The minimum atomic E-state index is -0.377. The van der Waals surface area contributed by atoms with E-state index in [-0.39, 0.29) is 11.5 Å². The second-order valence-electron chi connectivity index (χ2n) is 6.45. The average Bonchev–Trinajstić information content (AvgIpc) is 2.68. The first-order valence-electron chi connectivity index (χ1n) is 8.73. The number of carbonyl (C=O) groups is 1. The Morgan fingerprint density at radius 3 is 2.46 bits per heavy atom. The van der Waals surface area contributed by atoms with Gasteiger partial charge in [0.1, 0.15) is 5.58 Å². The molecule has 0 saturated heterocycles. The number of carbonyl (C=O) groups excluding carboxylic acids is 1. The van der Waals surface area contributed by atoms with E-state index in [1.165, 1.54) is 0 Å². The summed E-state index contributed by atoms with van der Waals surface area (Å²) in [6.07, 6.45) is 0. The molecule has 1 N–H and O–H groups in total. The molecule has 0 fully saturated rings. The van der Waals surface area contributed by atoms with Crippen molar-refractivity contribution in [3.05, 3.63) is 97.9 Å². The summed E-state index contributed by atoms with van der Waals surface area (Å²) in [4.78, 5) is 25.0. The molecule has 1 amide bonds. The molecule has 0 spiro atoms. The van der Waals surface area contributed by atoms with E-state index >= 15 is 0 Å². The molecule has 0 bridgehead atoms. The zero-order valence-corrected chi connectivity index (χ0v) is 17.2. The van der Waals surface area contributed by atoms with Crippen molar-refractivity contribution in [3.63, 3.8) is 0 Å². The lowest BCUT2D eigenvalue weighted by Crippen LogP contribution is -2.13. The maximum Gasteiger partial charge on any atom is 0.344 e. The van der Waals surface area contributed by atoms with Gasteiger partial charge in [-0.15, -0.1) is 0 Å². The normalized spacial score (nSPS) is 10.8. The number of hydrogen-bond donors (Lipinski definition) is 1. The average molecular weight is 481 g/mol. The van der Waals surface area contributed by atoms with Gasteiger partial charge in [0, 0.05) is 14.6 Å². The van der Waals surface area contributed by atoms with E-state index in [2.05, 4.69) is 27.9 Å². The van der Waals surface area contributed by atoms with Gasteiger partial charge in [-0.1, -0.05) is 36.4 Å². The minimum Gasteiger partial charge on any atom is -0.422 e.